The minimum absolute atomic E-state index is 0.242. The average molecular weight is 201 g/mol. The van der Waals surface area contributed by atoms with Gasteiger partial charge in [-0.2, -0.15) is 0 Å². The fraction of sp³-hybridized carbons (Fsp3) is 0.778. The van der Waals surface area contributed by atoms with Crippen LogP contribution in [-0.2, 0) is 9.59 Å². The molecule has 1 saturated heterocycles. The van der Waals surface area contributed by atoms with E-state index in [1.54, 1.807) is 13.8 Å². The van der Waals surface area contributed by atoms with Gasteiger partial charge in [0.25, 0.3) is 0 Å². The summed E-state index contributed by atoms with van der Waals surface area (Å²) in [5, 5.41) is 20.5. The van der Waals surface area contributed by atoms with E-state index in [-0.39, 0.29) is 6.04 Å². The molecule has 3 atom stereocenters. The van der Waals surface area contributed by atoms with Crippen molar-refractivity contribution in [2.45, 2.75) is 38.3 Å². The number of rotatable bonds is 3. The Kier molecular flexibility index (Phi) is 2.80. The van der Waals surface area contributed by atoms with Gasteiger partial charge in [-0.15, -0.1) is 0 Å². The van der Waals surface area contributed by atoms with E-state index in [0.717, 1.165) is 0 Å². The minimum atomic E-state index is -0.964. The minimum Gasteiger partial charge on any atom is -0.481 e. The van der Waals surface area contributed by atoms with Gasteiger partial charge in [-0.1, -0.05) is 6.92 Å². The zero-order valence-electron chi connectivity index (χ0n) is 8.28. The maximum absolute atomic E-state index is 10.9. The van der Waals surface area contributed by atoms with E-state index >= 15 is 0 Å². The Morgan fingerprint density at radius 1 is 1.50 bits per heavy atom. The average Bonchev–Trinajstić information content (AvgIpc) is 2.48. The van der Waals surface area contributed by atoms with Crippen LogP contribution < -0.4 is 5.32 Å². The number of aliphatic carboxylic acids is 2. The van der Waals surface area contributed by atoms with E-state index in [9.17, 15) is 9.59 Å². The molecule has 0 spiro atoms. The second kappa shape index (κ2) is 3.57. The molecule has 0 aromatic heterocycles. The summed E-state index contributed by atoms with van der Waals surface area (Å²) in [6, 6.07) is -0.242. The summed E-state index contributed by atoms with van der Waals surface area (Å²) in [5.74, 6) is -2.36. The quantitative estimate of drug-likeness (QED) is 0.611. The topological polar surface area (TPSA) is 86.6 Å². The van der Waals surface area contributed by atoms with Gasteiger partial charge >= 0.3 is 11.9 Å². The molecule has 3 N–H and O–H groups in total. The predicted octanol–water partition coefficient (Wildman–Crippen LogP) is 0.302. The number of carboxylic acids is 2. The molecule has 0 radical (unpaired) electrons. The lowest BCUT2D eigenvalue weighted by Gasteiger charge is -2.22. The molecule has 0 aromatic rings. The lowest BCUT2D eigenvalue weighted by Crippen LogP contribution is -2.49. The van der Waals surface area contributed by atoms with E-state index in [0.29, 0.717) is 12.8 Å². The van der Waals surface area contributed by atoms with Gasteiger partial charge < -0.3 is 10.2 Å². The van der Waals surface area contributed by atoms with Crippen molar-refractivity contribution in [1.82, 2.24) is 5.32 Å². The smallest absolute Gasteiger partial charge is 0.323 e. The molecule has 5 nitrogen and oxygen atoms in total. The van der Waals surface area contributed by atoms with Crippen molar-refractivity contribution in [3.05, 3.63) is 0 Å². The van der Waals surface area contributed by atoms with Gasteiger partial charge in [0.05, 0.1) is 5.92 Å². The van der Waals surface area contributed by atoms with Crippen LogP contribution in [0.25, 0.3) is 0 Å². The molecule has 0 aromatic carbocycles. The zero-order chi connectivity index (χ0) is 10.9. The largest absolute Gasteiger partial charge is 0.481 e. The highest BCUT2D eigenvalue weighted by atomic mass is 16.4. The molecular formula is C9H15NO4. The van der Waals surface area contributed by atoms with E-state index in [1.165, 1.54) is 0 Å². The van der Waals surface area contributed by atoms with Crippen LogP contribution in [0.15, 0.2) is 0 Å². The maximum atomic E-state index is 10.9. The number of nitrogens with one attached hydrogen (secondary N) is 1. The first-order valence-electron chi connectivity index (χ1n) is 4.61. The molecule has 1 heterocycles. The zero-order valence-corrected chi connectivity index (χ0v) is 8.28. The molecular weight excluding hydrogens is 186 g/mol. The normalized spacial score (nSPS) is 34.0. The van der Waals surface area contributed by atoms with Crippen LogP contribution in [0.4, 0.5) is 0 Å². The summed E-state index contributed by atoms with van der Waals surface area (Å²) < 4.78 is 0. The lowest BCUT2D eigenvalue weighted by atomic mass is 9.99. The SMILES string of the molecule is CC(C(=O)O)[C@@H]1CC[C@@](C)(C(=O)O)N1. The number of carboxylic acid groups (broad SMARTS) is 2. The third-order valence-corrected chi connectivity index (χ3v) is 2.92. The van der Waals surface area contributed by atoms with Gasteiger partial charge in [0.15, 0.2) is 0 Å². The second-order valence-corrected chi connectivity index (χ2v) is 4.05. The summed E-state index contributed by atoms with van der Waals surface area (Å²) in [5.41, 5.74) is -0.964. The van der Waals surface area contributed by atoms with E-state index in [2.05, 4.69) is 5.32 Å². The van der Waals surface area contributed by atoms with Crippen molar-refractivity contribution in [2.75, 3.05) is 0 Å². The molecule has 0 aliphatic carbocycles. The second-order valence-electron chi connectivity index (χ2n) is 4.05. The van der Waals surface area contributed by atoms with Crippen LogP contribution in [0.3, 0.4) is 0 Å². The first kappa shape index (κ1) is 11.0. The van der Waals surface area contributed by atoms with E-state index in [1.807, 2.05) is 0 Å². The van der Waals surface area contributed by atoms with Crippen LogP contribution in [0.5, 0.6) is 0 Å². The van der Waals surface area contributed by atoms with Gasteiger partial charge in [-0.05, 0) is 19.8 Å². The lowest BCUT2D eigenvalue weighted by molar-refractivity contribution is -0.145. The number of hydrogen-bond acceptors (Lipinski definition) is 3. The van der Waals surface area contributed by atoms with E-state index < -0.39 is 23.4 Å². The summed E-state index contributed by atoms with van der Waals surface area (Å²) in [7, 11) is 0. The van der Waals surface area contributed by atoms with Crippen molar-refractivity contribution in [1.29, 1.82) is 0 Å². The van der Waals surface area contributed by atoms with Crippen LogP contribution >= 0.6 is 0 Å². The molecule has 80 valence electrons. The Morgan fingerprint density at radius 3 is 2.43 bits per heavy atom. The number of hydrogen-bond donors (Lipinski definition) is 3. The van der Waals surface area contributed by atoms with Crippen molar-refractivity contribution >= 4 is 11.9 Å². The number of carbonyl (C=O) groups is 2. The highest BCUT2D eigenvalue weighted by Crippen LogP contribution is 2.27. The molecule has 1 aliphatic rings. The highest BCUT2D eigenvalue weighted by Gasteiger charge is 2.43. The van der Waals surface area contributed by atoms with Gasteiger partial charge in [0.2, 0.25) is 0 Å². The molecule has 1 aliphatic heterocycles. The first-order valence-corrected chi connectivity index (χ1v) is 4.61. The highest BCUT2D eigenvalue weighted by molar-refractivity contribution is 5.79. The van der Waals surface area contributed by atoms with Gasteiger partial charge in [0.1, 0.15) is 5.54 Å². The predicted molar refractivity (Wildman–Crippen MR) is 49.0 cm³/mol. The third-order valence-electron chi connectivity index (χ3n) is 2.92. The fourth-order valence-corrected chi connectivity index (χ4v) is 1.71. The Morgan fingerprint density at radius 2 is 2.07 bits per heavy atom. The fourth-order valence-electron chi connectivity index (χ4n) is 1.71. The van der Waals surface area contributed by atoms with Crippen molar-refractivity contribution in [2.24, 2.45) is 5.92 Å². The van der Waals surface area contributed by atoms with Gasteiger partial charge in [-0.3, -0.25) is 14.9 Å². The molecule has 1 unspecified atom stereocenters. The Balaban J connectivity index is 2.65. The summed E-state index contributed by atoms with van der Waals surface area (Å²) in [6.45, 7) is 3.18. The van der Waals surface area contributed by atoms with Gasteiger partial charge in [0, 0.05) is 6.04 Å². The van der Waals surface area contributed by atoms with Crippen LogP contribution in [0.1, 0.15) is 26.7 Å². The summed E-state index contributed by atoms with van der Waals surface area (Å²) >= 11 is 0. The maximum Gasteiger partial charge on any atom is 0.323 e. The Bertz CT molecular complexity index is 266. The first-order chi connectivity index (χ1) is 6.37. The molecule has 1 fully saturated rings. The van der Waals surface area contributed by atoms with Gasteiger partial charge in [-0.25, -0.2) is 0 Å². The third kappa shape index (κ3) is 1.87. The van der Waals surface area contributed by atoms with Crippen LogP contribution in [0.2, 0.25) is 0 Å². The van der Waals surface area contributed by atoms with Crippen molar-refractivity contribution in [3.8, 4) is 0 Å². The molecule has 0 amide bonds. The van der Waals surface area contributed by atoms with Crippen LogP contribution in [-0.4, -0.2) is 33.7 Å². The van der Waals surface area contributed by atoms with Crippen LogP contribution in [0, 0.1) is 5.92 Å². The molecule has 5 heteroatoms. The molecule has 0 bridgehead atoms. The molecule has 1 rings (SSSR count). The van der Waals surface area contributed by atoms with Crippen molar-refractivity contribution in [3.63, 3.8) is 0 Å². The monoisotopic (exact) mass is 201 g/mol. The molecule has 0 saturated carbocycles. The summed E-state index contributed by atoms with van der Waals surface area (Å²) in [4.78, 5) is 21.5. The molecule has 14 heavy (non-hydrogen) atoms. The Labute approximate surface area is 82.1 Å². The van der Waals surface area contributed by atoms with Crippen molar-refractivity contribution < 1.29 is 19.8 Å². The Hall–Kier alpha value is -1.10. The van der Waals surface area contributed by atoms with E-state index in [4.69, 9.17) is 10.2 Å². The summed E-state index contributed by atoms with van der Waals surface area (Å²) in [6.07, 6.45) is 1.07. The standard InChI is InChI=1S/C9H15NO4/c1-5(7(11)12)6-3-4-9(2,10-6)8(13)14/h5-6,10H,3-4H2,1-2H3,(H,11,12)(H,13,14)/t5?,6-,9-/m0/s1.